The molecule has 8 heteroatoms. The number of benzene rings is 1. The summed E-state index contributed by atoms with van der Waals surface area (Å²) in [4.78, 5) is 12.4. The monoisotopic (exact) mass is 456 g/mol. The normalized spacial score (nSPS) is 11.3. The maximum Gasteiger partial charge on any atom is 0.159 e. The average molecular weight is 457 g/mol. The van der Waals surface area contributed by atoms with Crippen LogP contribution in [-0.4, -0.2) is 25.8 Å². The summed E-state index contributed by atoms with van der Waals surface area (Å²) in [5.74, 6) is 0.768. The lowest BCUT2D eigenvalue weighted by Crippen LogP contribution is -2.02. The van der Waals surface area contributed by atoms with Crippen LogP contribution in [0.4, 0.5) is 11.4 Å². The summed E-state index contributed by atoms with van der Waals surface area (Å²) in [5, 5.41) is 0. The van der Waals surface area contributed by atoms with Crippen molar-refractivity contribution in [3.63, 3.8) is 0 Å². The van der Waals surface area contributed by atoms with Crippen LogP contribution in [0, 0.1) is 20.8 Å². The fourth-order valence-corrected chi connectivity index (χ4v) is 4.19. The van der Waals surface area contributed by atoms with E-state index in [1.54, 1.807) is 18.1 Å². The highest BCUT2D eigenvalue weighted by Crippen LogP contribution is 2.33. The molecule has 28 heavy (non-hydrogen) atoms. The number of halogens is 1. The van der Waals surface area contributed by atoms with Crippen molar-refractivity contribution in [2.75, 3.05) is 16.7 Å². The van der Waals surface area contributed by atoms with Gasteiger partial charge in [-0.2, -0.15) is 0 Å². The van der Waals surface area contributed by atoms with E-state index < -0.39 is 0 Å². The molecule has 3 heterocycles. The first-order valence-electron chi connectivity index (χ1n) is 8.79. The van der Waals surface area contributed by atoms with Crippen molar-refractivity contribution >= 4 is 50.4 Å². The molecular weight excluding hydrogens is 436 g/mol. The summed E-state index contributed by atoms with van der Waals surface area (Å²) in [6.45, 7) is 6.34. The van der Waals surface area contributed by atoms with Gasteiger partial charge in [0.1, 0.15) is 11.3 Å². The van der Waals surface area contributed by atoms with Gasteiger partial charge in [-0.05, 0) is 66.5 Å². The lowest BCUT2D eigenvalue weighted by molar-refractivity contribution is 0.955. The second-order valence-electron chi connectivity index (χ2n) is 6.73. The van der Waals surface area contributed by atoms with E-state index in [4.69, 9.17) is 10.7 Å². The molecule has 4 N–H and O–H groups in total. The highest BCUT2D eigenvalue weighted by Gasteiger charge is 2.18. The Morgan fingerprint density at radius 2 is 2.00 bits per heavy atom. The Morgan fingerprint density at radius 1 is 1.21 bits per heavy atom. The van der Waals surface area contributed by atoms with Gasteiger partial charge in [-0.15, -0.1) is 0 Å². The van der Waals surface area contributed by atoms with Crippen LogP contribution in [0.15, 0.2) is 34.9 Å². The van der Waals surface area contributed by atoms with Crippen LogP contribution in [0.2, 0.25) is 0 Å². The molecule has 3 aromatic heterocycles. The van der Waals surface area contributed by atoms with E-state index in [9.17, 15) is 0 Å². The van der Waals surface area contributed by atoms with Crippen molar-refractivity contribution < 1.29 is 0 Å². The van der Waals surface area contributed by atoms with E-state index in [1.807, 2.05) is 6.26 Å². The van der Waals surface area contributed by atoms with Gasteiger partial charge >= 0.3 is 0 Å². The standard InChI is InChI=1S/C20H21BrN6S/c1-10-7-13(26-28-4)5-6-16(10)27-11(2)8-14(12(27)3)19-24-18-17(22)15(21)9-23-20(18)25-19/h5-9,26H,1-4H3,(H3,22,23,24,25). The van der Waals surface area contributed by atoms with Gasteiger partial charge in [0, 0.05) is 40.8 Å². The van der Waals surface area contributed by atoms with Crippen LogP contribution in [0.1, 0.15) is 17.0 Å². The smallest absolute Gasteiger partial charge is 0.159 e. The van der Waals surface area contributed by atoms with E-state index in [1.165, 1.54) is 5.56 Å². The molecule has 0 aliphatic carbocycles. The molecule has 0 fully saturated rings. The molecule has 0 unspecified atom stereocenters. The molecule has 0 bridgehead atoms. The number of aromatic nitrogens is 4. The molecule has 0 aliphatic heterocycles. The molecule has 0 amide bonds. The topological polar surface area (TPSA) is 84.6 Å². The molecule has 0 aliphatic rings. The number of aromatic amines is 1. The predicted octanol–water partition coefficient (Wildman–Crippen LogP) is 5.38. The van der Waals surface area contributed by atoms with E-state index in [0.717, 1.165) is 38.6 Å². The van der Waals surface area contributed by atoms with E-state index >= 15 is 0 Å². The highest BCUT2D eigenvalue weighted by molar-refractivity contribution is 9.10. The first-order chi connectivity index (χ1) is 13.4. The van der Waals surface area contributed by atoms with Crippen molar-refractivity contribution in [1.29, 1.82) is 0 Å². The first-order valence-corrected chi connectivity index (χ1v) is 10.8. The number of pyridine rings is 1. The van der Waals surface area contributed by atoms with Gasteiger partial charge in [0.2, 0.25) is 0 Å². The van der Waals surface area contributed by atoms with Crippen molar-refractivity contribution in [1.82, 2.24) is 19.5 Å². The van der Waals surface area contributed by atoms with Gasteiger partial charge < -0.3 is 20.0 Å². The summed E-state index contributed by atoms with van der Waals surface area (Å²) in [5.41, 5.74) is 14.9. The van der Waals surface area contributed by atoms with Crippen molar-refractivity contribution in [3.8, 4) is 17.1 Å². The quantitative estimate of drug-likeness (QED) is 0.359. The Morgan fingerprint density at radius 3 is 2.71 bits per heavy atom. The fourth-order valence-electron chi connectivity index (χ4n) is 3.54. The first kappa shape index (κ1) is 18.9. The Balaban J connectivity index is 1.83. The number of imidazole rings is 1. The Kier molecular flexibility index (Phi) is 4.84. The number of aryl methyl sites for hydroxylation is 2. The highest BCUT2D eigenvalue weighted by atomic mass is 79.9. The minimum Gasteiger partial charge on any atom is -0.396 e. The van der Waals surface area contributed by atoms with Crippen LogP contribution in [-0.2, 0) is 0 Å². The number of hydrogen-bond acceptors (Lipinski definition) is 5. The number of nitrogens with zero attached hydrogens (tertiary/aromatic N) is 3. The number of anilines is 2. The van der Waals surface area contributed by atoms with Gasteiger partial charge in [-0.25, -0.2) is 9.97 Å². The van der Waals surface area contributed by atoms with E-state index in [2.05, 4.69) is 80.2 Å². The number of hydrogen-bond donors (Lipinski definition) is 3. The number of nitrogens with one attached hydrogen (secondary N) is 2. The molecular formula is C20H21BrN6S. The van der Waals surface area contributed by atoms with Crippen molar-refractivity contribution in [2.45, 2.75) is 20.8 Å². The number of H-pyrrole nitrogens is 1. The Hall–Kier alpha value is -2.45. The zero-order valence-electron chi connectivity index (χ0n) is 16.1. The number of fused-ring (bicyclic) bond motifs is 1. The molecule has 0 spiro atoms. The summed E-state index contributed by atoms with van der Waals surface area (Å²) in [7, 11) is 0. The molecule has 144 valence electrons. The SMILES string of the molecule is CSNc1ccc(-n2c(C)cc(-c3nc4c(N)c(Br)cnc4[nH]3)c2C)c(C)c1. The maximum atomic E-state index is 6.15. The van der Waals surface area contributed by atoms with Crippen molar-refractivity contribution in [2.24, 2.45) is 0 Å². The molecule has 6 nitrogen and oxygen atoms in total. The molecule has 0 saturated carbocycles. The molecule has 0 saturated heterocycles. The van der Waals surface area contributed by atoms with E-state index in [-0.39, 0.29) is 0 Å². The zero-order valence-corrected chi connectivity index (χ0v) is 18.5. The van der Waals surface area contributed by atoms with Crippen LogP contribution < -0.4 is 10.5 Å². The molecule has 4 rings (SSSR count). The second-order valence-corrected chi connectivity index (χ2v) is 8.20. The average Bonchev–Trinajstić information content (AvgIpc) is 3.21. The maximum absolute atomic E-state index is 6.15. The largest absolute Gasteiger partial charge is 0.396 e. The Bertz CT molecular complexity index is 1190. The third-order valence-corrected chi connectivity index (χ3v) is 5.92. The van der Waals surface area contributed by atoms with Gasteiger partial charge in [-0.1, -0.05) is 11.9 Å². The molecule has 4 aromatic rings. The summed E-state index contributed by atoms with van der Waals surface area (Å²) in [6.07, 6.45) is 3.71. The van der Waals surface area contributed by atoms with Gasteiger partial charge in [-0.3, -0.25) is 0 Å². The lowest BCUT2D eigenvalue weighted by Gasteiger charge is -2.14. The third-order valence-electron chi connectivity index (χ3n) is 4.85. The van der Waals surface area contributed by atoms with Crippen LogP contribution in [0.25, 0.3) is 28.2 Å². The minimum atomic E-state index is 0.592. The fraction of sp³-hybridized carbons (Fsp3) is 0.200. The summed E-state index contributed by atoms with van der Waals surface area (Å²) >= 11 is 5.00. The van der Waals surface area contributed by atoms with Gasteiger partial charge in [0.15, 0.2) is 5.65 Å². The van der Waals surface area contributed by atoms with Gasteiger partial charge in [0.25, 0.3) is 0 Å². The molecule has 0 radical (unpaired) electrons. The third kappa shape index (κ3) is 3.06. The zero-order chi connectivity index (χ0) is 20.0. The van der Waals surface area contributed by atoms with Crippen molar-refractivity contribution in [3.05, 3.63) is 51.9 Å². The number of nitrogen functional groups attached to an aromatic ring is 1. The Labute approximate surface area is 176 Å². The minimum absolute atomic E-state index is 0.592. The van der Waals surface area contributed by atoms with E-state index in [0.29, 0.717) is 16.9 Å². The van der Waals surface area contributed by atoms with Crippen LogP contribution in [0.3, 0.4) is 0 Å². The van der Waals surface area contributed by atoms with Crippen LogP contribution >= 0.6 is 27.9 Å². The van der Waals surface area contributed by atoms with Crippen LogP contribution in [0.5, 0.6) is 0 Å². The lowest BCUT2D eigenvalue weighted by atomic mass is 10.1. The van der Waals surface area contributed by atoms with Gasteiger partial charge in [0.05, 0.1) is 10.2 Å². The molecule has 0 atom stereocenters. The number of nitrogens with two attached hydrogens (primary N) is 1. The summed E-state index contributed by atoms with van der Waals surface area (Å²) in [6, 6.07) is 8.55. The summed E-state index contributed by atoms with van der Waals surface area (Å²) < 4.78 is 6.29. The predicted molar refractivity (Wildman–Crippen MR) is 122 cm³/mol. The second kappa shape index (κ2) is 7.18. The number of rotatable bonds is 4. The molecule has 1 aromatic carbocycles.